The van der Waals surface area contributed by atoms with E-state index in [1.165, 1.54) is 11.0 Å². The van der Waals surface area contributed by atoms with Gasteiger partial charge in [0.05, 0.1) is 41.1 Å². The molecular formula is C37H54ClN4O10SSi-. The molecule has 2 unspecified atom stereocenters. The van der Waals surface area contributed by atoms with Gasteiger partial charge in [0.1, 0.15) is 30.1 Å². The van der Waals surface area contributed by atoms with E-state index in [9.17, 15) is 28.3 Å². The number of esters is 1. The molecule has 3 aromatic rings. The largest absolute Gasteiger partial charge is 0.755 e. The molecule has 0 aliphatic heterocycles. The van der Waals surface area contributed by atoms with Crippen molar-refractivity contribution in [1.82, 2.24) is 14.7 Å². The van der Waals surface area contributed by atoms with E-state index in [-0.39, 0.29) is 30.4 Å². The van der Waals surface area contributed by atoms with Gasteiger partial charge in [-0.3, -0.25) is 13.3 Å². The lowest BCUT2D eigenvalue weighted by molar-refractivity contribution is -0.152. The first kappa shape index (κ1) is 44.7. The Balaban J connectivity index is 2.03. The van der Waals surface area contributed by atoms with Crippen LogP contribution in [-0.2, 0) is 36.4 Å². The fourth-order valence-electron chi connectivity index (χ4n) is 5.86. The van der Waals surface area contributed by atoms with Crippen molar-refractivity contribution in [2.75, 3.05) is 30.5 Å². The lowest BCUT2D eigenvalue weighted by Crippen LogP contribution is -2.45. The van der Waals surface area contributed by atoms with Crippen molar-refractivity contribution in [3.63, 3.8) is 0 Å². The number of aryl methyl sites for hydroxylation is 1. The van der Waals surface area contributed by atoms with Crippen LogP contribution >= 0.6 is 11.6 Å². The van der Waals surface area contributed by atoms with Gasteiger partial charge in [-0.1, -0.05) is 45.4 Å². The molecule has 0 saturated carbocycles. The Morgan fingerprint density at radius 1 is 0.981 bits per heavy atom. The van der Waals surface area contributed by atoms with Crippen molar-refractivity contribution in [1.29, 1.82) is 0 Å². The molecule has 2 aromatic carbocycles. The standard InChI is InChI=1S/C37H55ClN4O10SSi/c1-11-29-27-17-16-26(22-30(27)42(39-29)34(44)45)49-20-19-40(35(46)51-37(8,9)10)23-32(52-54(12-2,13-3)14-4)25-15-18-28(38)31(21-25)41(53(47)48)24-33(43)50-36(5,6)7/h15-18,21-22,32H,11-14,19-20,23-24H2,1-10H3,(H,44,45)(H,47,48)/p-1. The summed E-state index contributed by atoms with van der Waals surface area (Å²) < 4.78 is 51.0. The molecule has 1 N–H and O–H groups in total. The molecule has 0 saturated heterocycles. The fraction of sp³-hybridized carbons (Fsp3) is 0.568. The van der Waals surface area contributed by atoms with Gasteiger partial charge in [-0.2, -0.15) is 9.78 Å². The van der Waals surface area contributed by atoms with E-state index in [1.807, 2.05) is 6.92 Å². The molecule has 0 radical (unpaired) electrons. The first-order valence-corrected chi connectivity index (χ1v) is 22.0. The predicted octanol–water partition coefficient (Wildman–Crippen LogP) is 8.10. The number of carbonyl (C=O) groups is 3. The van der Waals surface area contributed by atoms with Gasteiger partial charge in [0, 0.05) is 22.7 Å². The molecule has 1 aromatic heterocycles. The Kier molecular flexibility index (Phi) is 15.5. The Hall–Kier alpha value is -3.70. The summed E-state index contributed by atoms with van der Waals surface area (Å²) in [4.78, 5) is 39.9. The summed E-state index contributed by atoms with van der Waals surface area (Å²) in [5.41, 5.74) is -0.0537. The Labute approximate surface area is 326 Å². The van der Waals surface area contributed by atoms with E-state index in [4.69, 9.17) is 30.2 Å². The number of hydrogen-bond acceptors (Lipinski definition) is 10. The highest BCUT2D eigenvalue weighted by atomic mass is 35.5. The van der Waals surface area contributed by atoms with Gasteiger partial charge in [0.15, 0.2) is 8.32 Å². The molecule has 54 heavy (non-hydrogen) atoms. The van der Waals surface area contributed by atoms with Crippen LogP contribution in [0.2, 0.25) is 23.2 Å². The van der Waals surface area contributed by atoms with Crippen LogP contribution in [0.5, 0.6) is 5.75 Å². The predicted molar refractivity (Wildman–Crippen MR) is 210 cm³/mol. The van der Waals surface area contributed by atoms with Crippen LogP contribution < -0.4 is 9.04 Å². The number of benzene rings is 2. The van der Waals surface area contributed by atoms with Crippen LogP contribution in [0.1, 0.15) is 86.6 Å². The Bertz CT molecular complexity index is 1800. The number of halogens is 1. The zero-order chi connectivity index (χ0) is 40.6. The number of nitrogens with zero attached hydrogens (tertiary/aromatic N) is 4. The minimum absolute atomic E-state index is 0.00526. The monoisotopic (exact) mass is 809 g/mol. The quantitative estimate of drug-likeness (QED) is 0.0793. The van der Waals surface area contributed by atoms with E-state index in [1.54, 1.807) is 71.9 Å². The molecule has 1 heterocycles. The number of ether oxygens (including phenoxy) is 3. The number of aromatic nitrogens is 2. The van der Waals surface area contributed by atoms with Gasteiger partial charge in [-0.05, 0) is 95.9 Å². The van der Waals surface area contributed by atoms with Gasteiger partial charge < -0.3 is 33.2 Å². The second kappa shape index (κ2) is 18.8. The summed E-state index contributed by atoms with van der Waals surface area (Å²) >= 11 is 3.66. The van der Waals surface area contributed by atoms with Crippen molar-refractivity contribution in [3.8, 4) is 5.75 Å². The minimum atomic E-state index is -2.90. The van der Waals surface area contributed by atoms with Gasteiger partial charge >= 0.3 is 18.2 Å². The van der Waals surface area contributed by atoms with Crippen molar-refractivity contribution in [2.45, 2.75) is 111 Å². The number of amides is 1. The van der Waals surface area contributed by atoms with Crippen molar-refractivity contribution < 1.29 is 46.9 Å². The summed E-state index contributed by atoms with van der Waals surface area (Å²) in [7, 11) is -2.38. The summed E-state index contributed by atoms with van der Waals surface area (Å²) in [6.07, 6.45) is -2.04. The van der Waals surface area contributed by atoms with Gasteiger partial charge in [-0.15, -0.1) is 0 Å². The molecule has 300 valence electrons. The lowest BCUT2D eigenvalue weighted by Gasteiger charge is -2.37. The molecule has 1 amide bonds. The maximum Gasteiger partial charge on any atom is 0.432 e. The normalized spacial score (nSPS) is 13.3. The average molecular weight is 810 g/mol. The highest BCUT2D eigenvalue weighted by molar-refractivity contribution is 7.80. The molecule has 0 fully saturated rings. The number of anilines is 1. The number of fused-ring (bicyclic) bond motifs is 1. The third-order valence-electron chi connectivity index (χ3n) is 8.72. The number of rotatable bonds is 17. The maximum atomic E-state index is 13.8. The number of hydrogen-bond donors (Lipinski definition) is 1. The van der Waals surface area contributed by atoms with E-state index in [2.05, 4.69) is 25.9 Å². The molecule has 0 bridgehead atoms. The Morgan fingerprint density at radius 3 is 2.15 bits per heavy atom. The molecule has 0 spiro atoms. The second-order valence-electron chi connectivity index (χ2n) is 14.8. The zero-order valence-corrected chi connectivity index (χ0v) is 35.5. The van der Waals surface area contributed by atoms with Crippen LogP contribution in [0.4, 0.5) is 15.3 Å². The third kappa shape index (κ3) is 12.2. The average Bonchev–Trinajstić information content (AvgIpc) is 3.46. The van der Waals surface area contributed by atoms with Crippen molar-refractivity contribution >= 4 is 65.9 Å². The number of carbonyl (C=O) groups excluding carboxylic acids is 2. The SMILES string of the molecule is CCc1nn(C(=O)O)c2cc(OCCN(CC(O[Si](CC)(CC)CC)c3ccc(Cl)c(N(CC(=O)OC(C)(C)C)S(=O)[O-])c3)C(=O)OC(C)(C)C)ccc12. The van der Waals surface area contributed by atoms with E-state index in [0.29, 0.717) is 34.3 Å². The highest BCUT2D eigenvalue weighted by Crippen LogP contribution is 2.36. The third-order valence-corrected chi connectivity index (χ3v) is 14.4. The zero-order valence-electron chi connectivity index (χ0n) is 32.9. The van der Waals surface area contributed by atoms with E-state index >= 15 is 0 Å². The van der Waals surface area contributed by atoms with Crippen LogP contribution in [0, 0.1) is 0 Å². The van der Waals surface area contributed by atoms with Crippen LogP contribution in [0.3, 0.4) is 0 Å². The lowest BCUT2D eigenvalue weighted by atomic mass is 10.1. The van der Waals surface area contributed by atoms with E-state index < -0.39 is 61.6 Å². The molecular weight excluding hydrogens is 756 g/mol. The highest BCUT2D eigenvalue weighted by Gasteiger charge is 2.35. The molecule has 2 atom stereocenters. The molecule has 0 aliphatic rings. The summed E-state index contributed by atoms with van der Waals surface area (Å²) in [5.74, 6) is -0.374. The topological polar surface area (TPSA) is 173 Å². The summed E-state index contributed by atoms with van der Waals surface area (Å²) in [6.45, 7) is 17.9. The molecule has 3 rings (SSSR count). The van der Waals surface area contributed by atoms with Crippen molar-refractivity contribution in [2.24, 2.45) is 0 Å². The maximum absolute atomic E-state index is 13.8. The van der Waals surface area contributed by atoms with Gasteiger partial charge in [-0.25, -0.2) is 9.59 Å². The molecule has 14 nitrogen and oxygen atoms in total. The van der Waals surface area contributed by atoms with Gasteiger partial charge in [0.2, 0.25) is 0 Å². The van der Waals surface area contributed by atoms with Crippen molar-refractivity contribution in [3.05, 3.63) is 52.7 Å². The van der Waals surface area contributed by atoms with Crippen LogP contribution in [-0.4, -0.2) is 92.5 Å². The van der Waals surface area contributed by atoms with Crippen LogP contribution in [0.15, 0.2) is 36.4 Å². The first-order valence-electron chi connectivity index (χ1n) is 18.1. The fourth-order valence-corrected chi connectivity index (χ4v) is 9.46. The first-order chi connectivity index (χ1) is 25.2. The summed E-state index contributed by atoms with van der Waals surface area (Å²) in [6, 6.07) is 12.3. The van der Waals surface area contributed by atoms with Crippen LogP contribution in [0.25, 0.3) is 10.9 Å². The van der Waals surface area contributed by atoms with Gasteiger partial charge in [0.25, 0.3) is 0 Å². The van der Waals surface area contributed by atoms with E-state index in [0.717, 1.165) is 27.1 Å². The molecule has 0 aliphatic carbocycles. The Morgan fingerprint density at radius 2 is 1.61 bits per heavy atom. The number of carboxylic acid groups (broad SMARTS) is 1. The molecule has 17 heteroatoms. The smallest absolute Gasteiger partial charge is 0.432 e. The second-order valence-corrected chi connectivity index (χ2v) is 20.9. The summed E-state index contributed by atoms with van der Waals surface area (Å²) in [5, 5.41) is 14.7. The minimum Gasteiger partial charge on any atom is -0.755 e.